The molecule has 12 nitrogen and oxygen atoms in total. The number of ketones is 1. The molecule has 2 fully saturated rings. The molecule has 0 radical (unpaired) electrons. The number of hydrogen-bond donors (Lipinski definition) is 3. The second-order valence-electron chi connectivity index (χ2n) is 10.7. The standard InChI is InChI=1S/C30H32Cl2N8O4/c1-4-20(41)7-17-13-40(19-11-34-35-12-19)14-22(17)38-30-33-10-16-8-21(25-26(31)23(42-2)9-24(43-3)27(25)32)37-29(28(16)39-30)36-18-5-6-44-15-18/h4,8-12,17-18,22H,1,5-7,13-15H2,2-3H3,(H,34,35)(H,36,37)(H,33,38,39)/t17-,18?,22+/m0/s1. The first-order valence-corrected chi connectivity index (χ1v) is 14.9. The quantitative estimate of drug-likeness (QED) is 0.191. The highest BCUT2D eigenvalue weighted by atomic mass is 35.5. The van der Waals surface area contributed by atoms with Crippen molar-refractivity contribution < 1.29 is 19.0 Å². The van der Waals surface area contributed by atoms with Gasteiger partial charge in [0.15, 0.2) is 11.6 Å². The Labute approximate surface area is 264 Å². The van der Waals surface area contributed by atoms with Gasteiger partial charge in [0.2, 0.25) is 5.95 Å². The SMILES string of the molecule is C=CC(=O)C[C@H]1CN(c2cn[nH]c2)C[C@H]1Nc1ncc2cc(-c3c(Cl)c(OC)cc(OC)c3Cl)nc(NC3CCOC3)c2n1. The second kappa shape index (κ2) is 12.8. The Morgan fingerprint density at radius 2 is 1.95 bits per heavy atom. The molecule has 2 aliphatic rings. The molecule has 0 amide bonds. The minimum Gasteiger partial charge on any atom is -0.495 e. The number of methoxy groups -OCH3 is 2. The van der Waals surface area contributed by atoms with Crippen LogP contribution in [-0.2, 0) is 9.53 Å². The summed E-state index contributed by atoms with van der Waals surface area (Å²) in [6.07, 6.45) is 7.89. The summed E-state index contributed by atoms with van der Waals surface area (Å²) >= 11 is 13.5. The predicted molar refractivity (Wildman–Crippen MR) is 170 cm³/mol. The van der Waals surface area contributed by atoms with E-state index in [0.29, 0.717) is 82.8 Å². The van der Waals surface area contributed by atoms with Crippen LogP contribution in [0.3, 0.4) is 0 Å². The van der Waals surface area contributed by atoms with E-state index in [0.717, 1.165) is 17.5 Å². The maximum absolute atomic E-state index is 12.3. The second-order valence-corrected chi connectivity index (χ2v) is 11.5. The molecule has 5 heterocycles. The van der Waals surface area contributed by atoms with E-state index in [9.17, 15) is 4.79 Å². The third-order valence-electron chi connectivity index (χ3n) is 7.96. The van der Waals surface area contributed by atoms with Gasteiger partial charge in [-0.25, -0.2) is 15.0 Å². The summed E-state index contributed by atoms with van der Waals surface area (Å²) in [6, 6.07) is 3.42. The lowest BCUT2D eigenvalue weighted by Gasteiger charge is -2.20. The van der Waals surface area contributed by atoms with Gasteiger partial charge >= 0.3 is 0 Å². The van der Waals surface area contributed by atoms with Gasteiger partial charge in [-0.1, -0.05) is 29.8 Å². The molecule has 3 aromatic heterocycles. The summed E-state index contributed by atoms with van der Waals surface area (Å²) in [5.74, 6) is 1.78. The van der Waals surface area contributed by atoms with Crippen LogP contribution in [0.2, 0.25) is 10.0 Å². The largest absolute Gasteiger partial charge is 0.495 e. The van der Waals surface area contributed by atoms with Crippen LogP contribution >= 0.6 is 23.2 Å². The lowest BCUT2D eigenvalue weighted by molar-refractivity contribution is -0.115. The Balaban J connectivity index is 1.39. The number of nitrogens with one attached hydrogen (secondary N) is 3. The molecule has 0 aliphatic carbocycles. The molecule has 6 rings (SSSR count). The molecule has 0 spiro atoms. The highest BCUT2D eigenvalue weighted by Crippen LogP contribution is 2.46. The zero-order valence-corrected chi connectivity index (χ0v) is 25.8. The molecule has 230 valence electrons. The Morgan fingerprint density at radius 3 is 2.61 bits per heavy atom. The van der Waals surface area contributed by atoms with E-state index in [1.54, 1.807) is 18.5 Å². The third-order valence-corrected chi connectivity index (χ3v) is 8.71. The number of aromatic nitrogens is 5. The van der Waals surface area contributed by atoms with Crippen molar-refractivity contribution in [2.45, 2.75) is 24.9 Å². The van der Waals surface area contributed by atoms with Gasteiger partial charge in [-0.2, -0.15) is 5.10 Å². The van der Waals surface area contributed by atoms with Crippen LogP contribution in [-0.4, -0.2) is 83.5 Å². The topological polar surface area (TPSA) is 139 Å². The van der Waals surface area contributed by atoms with E-state index >= 15 is 0 Å². The van der Waals surface area contributed by atoms with Gasteiger partial charge in [-0.05, 0) is 18.6 Å². The normalized spacial score (nSPS) is 19.7. The molecule has 3 atom stereocenters. The van der Waals surface area contributed by atoms with E-state index in [2.05, 4.69) is 37.3 Å². The van der Waals surface area contributed by atoms with Crippen molar-refractivity contribution in [2.75, 3.05) is 56.1 Å². The Bertz CT molecular complexity index is 1650. The molecule has 3 N–H and O–H groups in total. The van der Waals surface area contributed by atoms with Crippen LogP contribution in [0.15, 0.2) is 43.4 Å². The molecule has 0 bridgehead atoms. The fraction of sp³-hybridized carbons (Fsp3) is 0.367. The maximum atomic E-state index is 12.3. The number of halogens is 2. The van der Waals surface area contributed by atoms with Crippen molar-refractivity contribution in [1.82, 2.24) is 25.1 Å². The molecular weight excluding hydrogens is 607 g/mol. The first-order valence-electron chi connectivity index (χ1n) is 14.2. The number of hydrogen-bond acceptors (Lipinski definition) is 11. The molecule has 1 unspecified atom stereocenters. The number of ether oxygens (including phenoxy) is 3. The van der Waals surface area contributed by atoms with Crippen LogP contribution < -0.4 is 25.0 Å². The predicted octanol–water partition coefficient (Wildman–Crippen LogP) is 5.00. The number of nitrogens with zero attached hydrogens (tertiary/aromatic N) is 5. The smallest absolute Gasteiger partial charge is 0.223 e. The minimum atomic E-state index is -0.0972. The number of H-pyrrole nitrogens is 1. The van der Waals surface area contributed by atoms with E-state index < -0.39 is 0 Å². The Hall–Kier alpha value is -4.13. The lowest BCUT2D eigenvalue weighted by atomic mass is 9.97. The van der Waals surface area contributed by atoms with Crippen molar-refractivity contribution in [3.05, 3.63) is 53.4 Å². The molecule has 1 aromatic carbocycles. The van der Waals surface area contributed by atoms with Crippen molar-refractivity contribution in [3.63, 3.8) is 0 Å². The summed E-state index contributed by atoms with van der Waals surface area (Å²) in [4.78, 5) is 29.0. The zero-order chi connectivity index (χ0) is 30.8. The number of carbonyl (C=O) groups excluding carboxylic acids is 1. The molecule has 14 heteroatoms. The number of carbonyl (C=O) groups is 1. The number of benzene rings is 1. The lowest BCUT2D eigenvalue weighted by Crippen LogP contribution is -2.31. The molecule has 4 aromatic rings. The van der Waals surface area contributed by atoms with E-state index in [1.807, 2.05) is 12.3 Å². The van der Waals surface area contributed by atoms with E-state index in [-0.39, 0.29) is 23.8 Å². The monoisotopic (exact) mass is 638 g/mol. The molecule has 2 aliphatic heterocycles. The van der Waals surface area contributed by atoms with Crippen molar-refractivity contribution in [3.8, 4) is 22.8 Å². The summed E-state index contributed by atoms with van der Waals surface area (Å²) in [5, 5.41) is 15.3. The van der Waals surface area contributed by atoms with E-state index in [1.165, 1.54) is 20.3 Å². The summed E-state index contributed by atoms with van der Waals surface area (Å²) in [7, 11) is 3.05. The van der Waals surface area contributed by atoms with Crippen LogP contribution in [0.1, 0.15) is 12.8 Å². The molecular formula is C30H32Cl2N8O4. The highest BCUT2D eigenvalue weighted by Gasteiger charge is 2.35. The van der Waals surface area contributed by atoms with Crippen LogP contribution in [0, 0.1) is 5.92 Å². The summed E-state index contributed by atoms with van der Waals surface area (Å²) < 4.78 is 16.6. The Kier molecular flexibility index (Phi) is 8.74. The van der Waals surface area contributed by atoms with Gasteiger partial charge in [-0.3, -0.25) is 9.89 Å². The fourth-order valence-corrected chi connectivity index (χ4v) is 6.36. The molecule has 0 saturated carbocycles. The van der Waals surface area contributed by atoms with Gasteiger partial charge < -0.3 is 29.7 Å². The first kappa shape index (κ1) is 29.9. The van der Waals surface area contributed by atoms with Crippen molar-refractivity contribution >= 4 is 57.3 Å². The van der Waals surface area contributed by atoms with Crippen molar-refractivity contribution in [2.24, 2.45) is 5.92 Å². The van der Waals surface area contributed by atoms with Crippen LogP contribution in [0.25, 0.3) is 22.2 Å². The van der Waals surface area contributed by atoms with Gasteiger partial charge in [0.05, 0.1) is 60.5 Å². The van der Waals surface area contributed by atoms with Gasteiger partial charge in [0.1, 0.15) is 17.0 Å². The third kappa shape index (κ3) is 5.97. The number of pyridine rings is 1. The zero-order valence-electron chi connectivity index (χ0n) is 24.3. The number of fused-ring (bicyclic) bond motifs is 1. The van der Waals surface area contributed by atoms with Crippen LogP contribution in [0.4, 0.5) is 17.5 Å². The minimum absolute atomic E-state index is 0.00996. The molecule has 44 heavy (non-hydrogen) atoms. The Morgan fingerprint density at radius 1 is 1.16 bits per heavy atom. The number of rotatable bonds is 11. The summed E-state index contributed by atoms with van der Waals surface area (Å²) in [5.41, 5.74) is 2.55. The van der Waals surface area contributed by atoms with Crippen LogP contribution in [0.5, 0.6) is 11.5 Å². The fourth-order valence-electron chi connectivity index (χ4n) is 5.67. The van der Waals surface area contributed by atoms with Gasteiger partial charge in [0.25, 0.3) is 0 Å². The average molecular weight is 640 g/mol. The average Bonchev–Trinajstić information content (AvgIpc) is 3.81. The summed E-state index contributed by atoms with van der Waals surface area (Å²) in [6.45, 7) is 6.17. The van der Waals surface area contributed by atoms with E-state index in [4.69, 9.17) is 47.4 Å². The number of allylic oxidation sites excluding steroid dienone is 1. The number of anilines is 3. The first-order chi connectivity index (χ1) is 21.4. The van der Waals surface area contributed by atoms with Gasteiger partial charge in [-0.15, -0.1) is 0 Å². The van der Waals surface area contributed by atoms with Gasteiger partial charge in [0, 0.05) is 61.4 Å². The number of aromatic amines is 1. The highest BCUT2D eigenvalue weighted by molar-refractivity contribution is 6.41. The maximum Gasteiger partial charge on any atom is 0.223 e. The van der Waals surface area contributed by atoms with Crippen molar-refractivity contribution in [1.29, 1.82) is 0 Å². The molecule has 2 saturated heterocycles.